The second kappa shape index (κ2) is 4.96. The summed E-state index contributed by atoms with van der Waals surface area (Å²) >= 11 is 1.63. The molecular weight excluding hydrogens is 297 g/mol. The topological polar surface area (TPSA) is 38.0 Å². The molecule has 0 atom stereocenters. The highest BCUT2D eigenvalue weighted by atomic mass is 32.1. The molecule has 1 aromatic heterocycles. The van der Waals surface area contributed by atoms with Crippen molar-refractivity contribution in [2.75, 3.05) is 11.1 Å². The number of thiophene rings is 1. The largest absolute Gasteiger partial charge is 0.416 e. The third kappa shape index (κ3) is 2.80. The van der Waals surface area contributed by atoms with Gasteiger partial charge in [0, 0.05) is 10.4 Å². The molecule has 0 radical (unpaired) electrons. The fourth-order valence-corrected chi connectivity index (χ4v) is 2.82. The summed E-state index contributed by atoms with van der Waals surface area (Å²) in [6, 6.07) is 11.0. The number of rotatable bonds is 2. The van der Waals surface area contributed by atoms with Gasteiger partial charge in [0.2, 0.25) is 0 Å². The van der Waals surface area contributed by atoms with Gasteiger partial charge in [-0.3, -0.25) is 0 Å². The highest BCUT2D eigenvalue weighted by molar-refractivity contribution is 7.17. The van der Waals surface area contributed by atoms with Crippen LogP contribution in [0.25, 0.3) is 10.1 Å². The Balaban J connectivity index is 1.90. The molecule has 0 amide bonds. The van der Waals surface area contributed by atoms with Crippen LogP contribution in [0, 0.1) is 0 Å². The van der Waals surface area contributed by atoms with Crippen molar-refractivity contribution in [1.29, 1.82) is 0 Å². The van der Waals surface area contributed by atoms with Gasteiger partial charge in [-0.1, -0.05) is 0 Å². The van der Waals surface area contributed by atoms with Crippen LogP contribution < -0.4 is 11.1 Å². The SMILES string of the molecule is Nc1cc(C(F)(F)F)ccc1Nc1ccc2sccc2c1. The Kier molecular flexibility index (Phi) is 3.25. The van der Waals surface area contributed by atoms with Crippen LogP contribution in [-0.4, -0.2) is 0 Å². The molecule has 21 heavy (non-hydrogen) atoms. The molecule has 0 aliphatic heterocycles. The quantitative estimate of drug-likeness (QED) is 0.635. The summed E-state index contributed by atoms with van der Waals surface area (Å²) in [7, 11) is 0. The average molecular weight is 308 g/mol. The highest BCUT2D eigenvalue weighted by Gasteiger charge is 2.30. The first-order valence-electron chi connectivity index (χ1n) is 6.14. The lowest BCUT2D eigenvalue weighted by atomic mass is 10.1. The molecule has 2 nitrogen and oxygen atoms in total. The van der Waals surface area contributed by atoms with Crippen LogP contribution in [0.1, 0.15) is 5.56 Å². The molecule has 0 aliphatic rings. The fraction of sp³-hybridized carbons (Fsp3) is 0.0667. The number of hydrogen-bond acceptors (Lipinski definition) is 3. The Bertz CT molecular complexity index is 793. The summed E-state index contributed by atoms with van der Waals surface area (Å²) < 4.78 is 38.9. The van der Waals surface area contributed by atoms with Gasteiger partial charge in [-0.2, -0.15) is 13.2 Å². The van der Waals surface area contributed by atoms with Crippen molar-refractivity contribution in [2.24, 2.45) is 0 Å². The van der Waals surface area contributed by atoms with Gasteiger partial charge in [-0.05, 0) is 53.2 Å². The summed E-state index contributed by atoms with van der Waals surface area (Å²) in [4.78, 5) is 0. The van der Waals surface area contributed by atoms with Gasteiger partial charge < -0.3 is 11.1 Å². The zero-order valence-corrected chi connectivity index (χ0v) is 11.6. The van der Waals surface area contributed by atoms with Crippen molar-refractivity contribution < 1.29 is 13.2 Å². The maximum Gasteiger partial charge on any atom is 0.416 e. The monoisotopic (exact) mass is 308 g/mol. The number of alkyl halides is 3. The van der Waals surface area contributed by atoms with E-state index in [1.807, 2.05) is 29.6 Å². The van der Waals surface area contributed by atoms with E-state index in [2.05, 4.69) is 5.32 Å². The first-order valence-corrected chi connectivity index (χ1v) is 7.02. The third-order valence-corrected chi connectivity index (χ3v) is 4.01. The normalized spacial score (nSPS) is 11.8. The summed E-state index contributed by atoms with van der Waals surface area (Å²) in [5, 5.41) is 6.11. The molecule has 3 aromatic rings. The molecule has 0 aliphatic carbocycles. The van der Waals surface area contributed by atoms with Gasteiger partial charge in [-0.25, -0.2) is 0 Å². The van der Waals surface area contributed by atoms with E-state index in [1.54, 1.807) is 11.3 Å². The van der Waals surface area contributed by atoms with Crippen molar-refractivity contribution in [3.63, 3.8) is 0 Å². The van der Waals surface area contributed by atoms with Gasteiger partial charge in [-0.15, -0.1) is 11.3 Å². The van der Waals surface area contributed by atoms with Crippen LogP contribution >= 0.6 is 11.3 Å². The predicted octanol–water partition coefficient (Wildman–Crippen LogP) is 5.25. The van der Waals surface area contributed by atoms with Crippen LogP contribution in [0.4, 0.5) is 30.2 Å². The summed E-state index contributed by atoms with van der Waals surface area (Å²) in [5.41, 5.74) is 6.25. The van der Waals surface area contributed by atoms with E-state index in [-0.39, 0.29) is 5.69 Å². The van der Waals surface area contributed by atoms with Crippen molar-refractivity contribution in [1.82, 2.24) is 0 Å². The number of hydrogen-bond donors (Lipinski definition) is 2. The highest BCUT2D eigenvalue weighted by Crippen LogP contribution is 2.34. The lowest BCUT2D eigenvalue weighted by molar-refractivity contribution is -0.137. The number of nitrogens with one attached hydrogen (secondary N) is 1. The van der Waals surface area contributed by atoms with Crippen molar-refractivity contribution in [3.05, 3.63) is 53.4 Å². The van der Waals surface area contributed by atoms with E-state index in [9.17, 15) is 13.2 Å². The molecule has 1 heterocycles. The summed E-state index contributed by atoms with van der Waals surface area (Å²) in [6.45, 7) is 0. The molecule has 108 valence electrons. The molecule has 0 spiro atoms. The predicted molar refractivity (Wildman–Crippen MR) is 81.0 cm³/mol. The zero-order chi connectivity index (χ0) is 15.0. The Hall–Kier alpha value is -2.21. The minimum Gasteiger partial charge on any atom is -0.397 e. The molecular formula is C15H11F3N2S. The van der Waals surface area contributed by atoms with Crippen LogP contribution in [0.2, 0.25) is 0 Å². The molecule has 0 bridgehead atoms. The van der Waals surface area contributed by atoms with E-state index in [0.29, 0.717) is 5.69 Å². The van der Waals surface area contributed by atoms with E-state index in [0.717, 1.165) is 27.9 Å². The summed E-state index contributed by atoms with van der Waals surface area (Å²) in [6.07, 6.45) is -4.39. The van der Waals surface area contributed by atoms with Gasteiger partial charge >= 0.3 is 6.18 Å². The summed E-state index contributed by atoms with van der Waals surface area (Å²) in [5.74, 6) is 0. The molecule has 0 saturated heterocycles. The molecule has 6 heteroatoms. The lowest BCUT2D eigenvalue weighted by Crippen LogP contribution is -2.06. The lowest BCUT2D eigenvalue weighted by Gasteiger charge is -2.12. The standard InChI is InChI=1S/C15H11F3N2S/c16-15(17,18)10-1-3-13(12(19)8-10)20-11-2-4-14-9(7-11)5-6-21-14/h1-8,20H,19H2. The Morgan fingerprint density at radius 2 is 1.81 bits per heavy atom. The molecule has 0 fully saturated rings. The maximum atomic E-state index is 12.6. The van der Waals surface area contributed by atoms with E-state index >= 15 is 0 Å². The number of fused-ring (bicyclic) bond motifs is 1. The van der Waals surface area contributed by atoms with Crippen molar-refractivity contribution >= 4 is 38.5 Å². The minimum atomic E-state index is -4.39. The maximum absolute atomic E-state index is 12.6. The number of halogens is 3. The fourth-order valence-electron chi connectivity index (χ4n) is 2.05. The molecule has 2 aromatic carbocycles. The second-order valence-electron chi connectivity index (χ2n) is 4.60. The van der Waals surface area contributed by atoms with E-state index in [1.165, 1.54) is 6.07 Å². The first kappa shape index (κ1) is 13.8. The van der Waals surface area contributed by atoms with Gasteiger partial charge in [0.1, 0.15) is 0 Å². The van der Waals surface area contributed by atoms with Crippen molar-refractivity contribution in [3.8, 4) is 0 Å². The molecule has 0 unspecified atom stereocenters. The van der Waals surface area contributed by atoms with Gasteiger partial charge in [0.25, 0.3) is 0 Å². The minimum absolute atomic E-state index is 0.0650. The van der Waals surface area contributed by atoms with Crippen LogP contribution in [-0.2, 0) is 6.18 Å². The van der Waals surface area contributed by atoms with Crippen molar-refractivity contribution in [2.45, 2.75) is 6.18 Å². The Labute approximate surface area is 123 Å². The number of nitrogen functional groups attached to an aromatic ring is 1. The smallest absolute Gasteiger partial charge is 0.397 e. The number of anilines is 3. The molecule has 3 rings (SSSR count). The zero-order valence-electron chi connectivity index (χ0n) is 10.7. The molecule has 3 N–H and O–H groups in total. The average Bonchev–Trinajstić information content (AvgIpc) is 2.87. The van der Waals surface area contributed by atoms with Crippen LogP contribution in [0.15, 0.2) is 47.8 Å². The van der Waals surface area contributed by atoms with E-state index < -0.39 is 11.7 Å². The second-order valence-corrected chi connectivity index (χ2v) is 5.55. The number of benzene rings is 2. The number of nitrogens with two attached hydrogens (primary N) is 1. The van der Waals surface area contributed by atoms with E-state index in [4.69, 9.17) is 5.73 Å². The molecule has 0 saturated carbocycles. The van der Waals surface area contributed by atoms with Gasteiger partial charge in [0.15, 0.2) is 0 Å². The Morgan fingerprint density at radius 1 is 1.00 bits per heavy atom. The van der Waals surface area contributed by atoms with Crippen LogP contribution in [0.5, 0.6) is 0 Å². The third-order valence-electron chi connectivity index (χ3n) is 3.11. The first-order chi connectivity index (χ1) is 9.93. The van der Waals surface area contributed by atoms with Gasteiger partial charge in [0.05, 0.1) is 16.9 Å². The van der Waals surface area contributed by atoms with Crippen LogP contribution in [0.3, 0.4) is 0 Å². The Morgan fingerprint density at radius 3 is 2.52 bits per heavy atom.